The lowest BCUT2D eigenvalue weighted by atomic mass is 10.2. The number of likely N-dealkylation sites (N-methyl/N-ethyl adjacent to an activating group) is 2. The summed E-state index contributed by atoms with van der Waals surface area (Å²) in [6.45, 7) is 4.63. The van der Waals surface area contributed by atoms with Crippen LogP contribution in [-0.2, 0) is 11.3 Å². The predicted molar refractivity (Wildman–Crippen MR) is 121 cm³/mol. The van der Waals surface area contributed by atoms with Gasteiger partial charge in [-0.1, -0.05) is 6.07 Å². The fraction of sp³-hybridized carbons (Fsp3) is 0.435. The number of benzene rings is 1. The SMILES string of the molecule is CCN(CCN(C)C)C(=O)CNCc1cc(C(=O)Oc2c(OC)cccc2OC)ccn1. The van der Waals surface area contributed by atoms with Gasteiger partial charge in [-0.15, -0.1) is 0 Å². The molecule has 2 aromatic rings. The Morgan fingerprint density at radius 3 is 2.34 bits per heavy atom. The van der Waals surface area contributed by atoms with Gasteiger partial charge in [-0.05, 0) is 45.3 Å². The van der Waals surface area contributed by atoms with Crippen molar-refractivity contribution < 1.29 is 23.8 Å². The van der Waals surface area contributed by atoms with Crippen LogP contribution in [0.4, 0.5) is 0 Å². The lowest BCUT2D eigenvalue weighted by Gasteiger charge is -2.23. The second kappa shape index (κ2) is 12.6. The van der Waals surface area contributed by atoms with Crippen LogP contribution in [0.25, 0.3) is 0 Å². The second-order valence-electron chi connectivity index (χ2n) is 7.30. The third-order valence-electron chi connectivity index (χ3n) is 4.76. The number of nitrogens with zero attached hydrogens (tertiary/aromatic N) is 3. The number of hydrogen-bond acceptors (Lipinski definition) is 8. The van der Waals surface area contributed by atoms with Gasteiger partial charge in [-0.25, -0.2) is 4.79 Å². The predicted octanol–water partition coefficient (Wildman–Crippen LogP) is 1.82. The number of amides is 1. The monoisotopic (exact) mass is 444 g/mol. The van der Waals surface area contributed by atoms with E-state index in [4.69, 9.17) is 14.2 Å². The Hall–Kier alpha value is -3.17. The number of rotatable bonds is 12. The first-order valence-electron chi connectivity index (χ1n) is 10.4. The van der Waals surface area contributed by atoms with Gasteiger partial charge in [0.05, 0.1) is 32.0 Å². The second-order valence-corrected chi connectivity index (χ2v) is 7.30. The minimum atomic E-state index is -0.562. The molecule has 0 unspecified atom stereocenters. The van der Waals surface area contributed by atoms with Crippen LogP contribution in [0.1, 0.15) is 23.0 Å². The molecule has 1 N–H and O–H groups in total. The highest BCUT2D eigenvalue weighted by Crippen LogP contribution is 2.37. The number of nitrogens with one attached hydrogen (secondary N) is 1. The van der Waals surface area contributed by atoms with E-state index in [-0.39, 0.29) is 18.2 Å². The molecule has 1 amide bonds. The topological polar surface area (TPSA) is 93.2 Å². The maximum Gasteiger partial charge on any atom is 0.343 e. The number of ether oxygens (including phenoxy) is 3. The highest BCUT2D eigenvalue weighted by Gasteiger charge is 2.18. The first-order valence-corrected chi connectivity index (χ1v) is 10.4. The van der Waals surface area contributed by atoms with Crippen molar-refractivity contribution in [3.8, 4) is 17.2 Å². The van der Waals surface area contributed by atoms with Crippen molar-refractivity contribution in [2.24, 2.45) is 0 Å². The van der Waals surface area contributed by atoms with E-state index >= 15 is 0 Å². The molecule has 0 aliphatic heterocycles. The van der Waals surface area contributed by atoms with Crippen LogP contribution < -0.4 is 19.5 Å². The lowest BCUT2D eigenvalue weighted by molar-refractivity contribution is -0.130. The highest BCUT2D eigenvalue weighted by atomic mass is 16.6. The van der Waals surface area contributed by atoms with Crippen molar-refractivity contribution >= 4 is 11.9 Å². The number of esters is 1. The van der Waals surface area contributed by atoms with Crippen LogP contribution in [0, 0.1) is 0 Å². The van der Waals surface area contributed by atoms with Gasteiger partial charge in [0.2, 0.25) is 11.7 Å². The fourth-order valence-corrected chi connectivity index (χ4v) is 2.96. The molecule has 0 atom stereocenters. The lowest BCUT2D eigenvalue weighted by Crippen LogP contribution is -2.41. The molecule has 32 heavy (non-hydrogen) atoms. The van der Waals surface area contributed by atoms with Gasteiger partial charge < -0.3 is 29.3 Å². The Labute approximate surface area is 189 Å². The van der Waals surface area contributed by atoms with Gasteiger partial charge in [-0.3, -0.25) is 9.78 Å². The number of carbonyl (C=O) groups excluding carboxylic acids is 2. The summed E-state index contributed by atoms with van der Waals surface area (Å²) in [5, 5.41) is 3.10. The highest BCUT2D eigenvalue weighted by molar-refractivity contribution is 5.91. The van der Waals surface area contributed by atoms with E-state index in [9.17, 15) is 9.59 Å². The van der Waals surface area contributed by atoms with Gasteiger partial charge >= 0.3 is 5.97 Å². The van der Waals surface area contributed by atoms with Crippen molar-refractivity contribution in [2.45, 2.75) is 13.5 Å². The minimum absolute atomic E-state index is 0.0215. The maximum absolute atomic E-state index is 12.7. The maximum atomic E-state index is 12.7. The minimum Gasteiger partial charge on any atom is -0.493 e. The largest absolute Gasteiger partial charge is 0.493 e. The first-order chi connectivity index (χ1) is 15.4. The molecule has 9 nitrogen and oxygen atoms in total. The van der Waals surface area contributed by atoms with Crippen molar-refractivity contribution in [3.05, 3.63) is 47.8 Å². The molecule has 0 fully saturated rings. The number of para-hydroxylation sites is 1. The summed E-state index contributed by atoms with van der Waals surface area (Å²) in [4.78, 5) is 33.2. The van der Waals surface area contributed by atoms with Crippen molar-refractivity contribution in [2.75, 3.05) is 54.5 Å². The third kappa shape index (κ3) is 7.21. The average molecular weight is 445 g/mol. The van der Waals surface area contributed by atoms with Gasteiger partial charge in [0, 0.05) is 32.4 Å². The normalized spacial score (nSPS) is 10.7. The zero-order valence-electron chi connectivity index (χ0n) is 19.4. The number of pyridine rings is 1. The van der Waals surface area contributed by atoms with E-state index < -0.39 is 5.97 Å². The molecule has 0 saturated heterocycles. The van der Waals surface area contributed by atoms with Crippen molar-refractivity contribution in [1.29, 1.82) is 0 Å². The molecule has 1 aromatic heterocycles. The summed E-state index contributed by atoms with van der Waals surface area (Å²) in [6, 6.07) is 8.31. The Morgan fingerprint density at radius 1 is 1.06 bits per heavy atom. The van der Waals surface area contributed by atoms with E-state index in [0.29, 0.717) is 42.4 Å². The molecule has 0 bridgehead atoms. The number of methoxy groups -OCH3 is 2. The standard InChI is InChI=1S/C23H32N4O5/c1-6-27(13-12-26(2)3)21(28)16-24-15-18-14-17(10-11-25-18)23(29)32-22-19(30-4)8-7-9-20(22)31-5/h7-11,14,24H,6,12-13,15-16H2,1-5H3. The molecule has 0 aliphatic carbocycles. The molecule has 0 spiro atoms. The molecule has 1 aromatic carbocycles. The van der Waals surface area contributed by atoms with E-state index in [1.54, 1.807) is 35.2 Å². The van der Waals surface area contributed by atoms with E-state index in [2.05, 4.69) is 10.3 Å². The quantitative estimate of drug-likeness (QED) is 0.391. The zero-order chi connectivity index (χ0) is 23.5. The molecular weight excluding hydrogens is 412 g/mol. The molecule has 174 valence electrons. The molecule has 1 heterocycles. The third-order valence-corrected chi connectivity index (χ3v) is 4.76. The molecule has 2 rings (SSSR count). The van der Waals surface area contributed by atoms with Crippen LogP contribution in [0.5, 0.6) is 17.2 Å². The van der Waals surface area contributed by atoms with Crippen molar-refractivity contribution in [3.63, 3.8) is 0 Å². The van der Waals surface area contributed by atoms with Gasteiger partial charge in [-0.2, -0.15) is 0 Å². The molecule has 0 radical (unpaired) electrons. The average Bonchev–Trinajstić information content (AvgIpc) is 2.79. The summed E-state index contributed by atoms with van der Waals surface area (Å²) in [6.07, 6.45) is 1.53. The molecule has 9 heteroatoms. The fourth-order valence-electron chi connectivity index (χ4n) is 2.96. The molecular formula is C23H32N4O5. The summed E-state index contributed by atoms with van der Waals surface area (Å²) in [7, 11) is 6.93. The van der Waals surface area contributed by atoms with E-state index in [1.807, 2.05) is 25.9 Å². The Morgan fingerprint density at radius 2 is 1.75 bits per heavy atom. The summed E-state index contributed by atoms with van der Waals surface area (Å²) in [5.74, 6) is 0.451. The Balaban J connectivity index is 1.98. The number of hydrogen-bond donors (Lipinski definition) is 1. The summed E-state index contributed by atoms with van der Waals surface area (Å²) < 4.78 is 16.1. The zero-order valence-corrected chi connectivity index (χ0v) is 19.4. The van der Waals surface area contributed by atoms with E-state index in [1.165, 1.54) is 20.4 Å². The Kier molecular flexibility index (Phi) is 9.90. The van der Waals surface area contributed by atoms with Gasteiger partial charge in [0.15, 0.2) is 11.5 Å². The smallest absolute Gasteiger partial charge is 0.343 e. The van der Waals surface area contributed by atoms with E-state index in [0.717, 1.165) is 6.54 Å². The molecule has 0 saturated carbocycles. The van der Waals surface area contributed by atoms with Crippen LogP contribution >= 0.6 is 0 Å². The number of carbonyl (C=O) groups is 2. The van der Waals surface area contributed by atoms with Crippen LogP contribution in [0.3, 0.4) is 0 Å². The summed E-state index contributed by atoms with van der Waals surface area (Å²) >= 11 is 0. The number of aromatic nitrogens is 1. The first kappa shape index (κ1) is 25.1. The van der Waals surface area contributed by atoms with Crippen LogP contribution in [0.15, 0.2) is 36.5 Å². The molecule has 0 aliphatic rings. The van der Waals surface area contributed by atoms with Crippen LogP contribution in [-0.4, -0.2) is 81.2 Å². The van der Waals surface area contributed by atoms with Crippen molar-refractivity contribution in [1.82, 2.24) is 20.1 Å². The Bertz CT molecular complexity index is 881. The van der Waals surface area contributed by atoms with Crippen LogP contribution in [0.2, 0.25) is 0 Å². The summed E-state index contributed by atoms with van der Waals surface area (Å²) in [5.41, 5.74) is 0.952. The van der Waals surface area contributed by atoms with Gasteiger partial charge in [0.25, 0.3) is 0 Å². The van der Waals surface area contributed by atoms with Gasteiger partial charge in [0.1, 0.15) is 0 Å².